The Balaban J connectivity index is 1.88. The molecular weight excluding hydrogens is 300 g/mol. The summed E-state index contributed by atoms with van der Waals surface area (Å²) in [7, 11) is 1.76. The van der Waals surface area contributed by atoms with E-state index in [4.69, 9.17) is 16.3 Å². The summed E-state index contributed by atoms with van der Waals surface area (Å²) < 4.78 is 5.64. The van der Waals surface area contributed by atoms with E-state index >= 15 is 0 Å². The molecule has 0 fully saturated rings. The second-order valence-corrected chi connectivity index (χ2v) is 5.43. The van der Waals surface area contributed by atoms with Crippen molar-refractivity contribution in [2.24, 2.45) is 0 Å². The lowest BCUT2D eigenvalue weighted by Crippen LogP contribution is -2.39. The molecule has 0 saturated heterocycles. The van der Waals surface area contributed by atoms with Gasteiger partial charge in [-0.05, 0) is 31.2 Å². The zero-order valence-corrected chi connectivity index (χ0v) is 13.5. The third-order valence-corrected chi connectivity index (χ3v) is 3.61. The maximum absolute atomic E-state index is 12.3. The molecular formula is C17H19ClN2O2. The number of para-hydroxylation sites is 1. The molecule has 0 radical (unpaired) electrons. The number of amides is 1. The van der Waals surface area contributed by atoms with Crippen molar-refractivity contribution in [2.75, 3.05) is 13.6 Å². The van der Waals surface area contributed by atoms with E-state index in [-0.39, 0.29) is 5.91 Å². The van der Waals surface area contributed by atoms with Crippen molar-refractivity contribution in [2.45, 2.75) is 19.4 Å². The molecule has 4 nitrogen and oxygen atoms in total. The van der Waals surface area contributed by atoms with Gasteiger partial charge in [-0.3, -0.25) is 9.78 Å². The summed E-state index contributed by atoms with van der Waals surface area (Å²) in [5, 5.41) is 0.498. The second-order valence-electron chi connectivity index (χ2n) is 5.02. The molecule has 5 heteroatoms. The first kappa shape index (κ1) is 16.3. The number of hydrogen-bond acceptors (Lipinski definition) is 3. The van der Waals surface area contributed by atoms with E-state index in [1.165, 1.54) is 0 Å². The van der Waals surface area contributed by atoms with Gasteiger partial charge in [-0.1, -0.05) is 29.8 Å². The molecule has 0 aliphatic heterocycles. The molecule has 0 spiro atoms. The van der Waals surface area contributed by atoms with Crippen LogP contribution in [0.5, 0.6) is 5.75 Å². The first-order valence-electron chi connectivity index (χ1n) is 7.14. The van der Waals surface area contributed by atoms with Gasteiger partial charge in [-0.25, -0.2) is 0 Å². The Kier molecular flexibility index (Phi) is 5.78. The van der Waals surface area contributed by atoms with E-state index in [0.717, 1.165) is 5.69 Å². The molecule has 0 N–H and O–H groups in total. The van der Waals surface area contributed by atoms with Crippen molar-refractivity contribution in [3.63, 3.8) is 0 Å². The zero-order chi connectivity index (χ0) is 15.9. The molecule has 1 unspecified atom stereocenters. The highest BCUT2D eigenvalue weighted by Gasteiger charge is 2.19. The minimum Gasteiger partial charge on any atom is -0.479 e. The number of ether oxygens (including phenoxy) is 1. The van der Waals surface area contributed by atoms with Crippen molar-refractivity contribution in [3.05, 3.63) is 59.4 Å². The van der Waals surface area contributed by atoms with Crippen molar-refractivity contribution in [1.82, 2.24) is 9.88 Å². The molecule has 0 bridgehead atoms. The number of hydrogen-bond donors (Lipinski definition) is 0. The van der Waals surface area contributed by atoms with Crippen LogP contribution < -0.4 is 4.74 Å². The van der Waals surface area contributed by atoms with E-state index in [0.29, 0.717) is 23.7 Å². The number of halogens is 1. The Bertz CT molecular complexity index is 619. The Morgan fingerprint density at radius 2 is 2.00 bits per heavy atom. The third kappa shape index (κ3) is 4.46. The minimum absolute atomic E-state index is 0.0872. The van der Waals surface area contributed by atoms with Gasteiger partial charge in [0.25, 0.3) is 5.91 Å². The minimum atomic E-state index is -0.589. The van der Waals surface area contributed by atoms with Crippen LogP contribution in [-0.4, -0.2) is 35.5 Å². The standard InChI is InChI=1S/C17H19ClN2O2/c1-13(22-16-9-4-3-8-15(16)18)17(21)20(2)12-10-14-7-5-6-11-19-14/h3-9,11,13H,10,12H2,1-2H3. The first-order chi connectivity index (χ1) is 10.6. The second kappa shape index (κ2) is 7.80. The smallest absolute Gasteiger partial charge is 0.263 e. The maximum Gasteiger partial charge on any atom is 0.263 e. The van der Waals surface area contributed by atoms with Gasteiger partial charge in [0.2, 0.25) is 0 Å². The van der Waals surface area contributed by atoms with Crippen molar-refractivity contribution < 1.29 is 9.53 Å². The number of aromatic nitrogens is 1. The van der Waals surface area contributed by atoms with Gasteiger partial charge in [-0.15, -0.1) is 0 Å². The van der Waals surface area contributed by atoms with Crippen LogP contribution >= 0.6 is 11.6 Å². The van der Waals surface area contributed by atoms with Crippen molar-refractivity contribution in [1.29, 1.82) is 0 Å². The molecule has 2 rings (SSSR count). The van der Waals surface area contributed by atoms with Gasteiger partial charge >= 0.3 is 0 Å². The van der Waals surface area contributed by atoms with Gasteiger partial charge in [0, 0.05) is 31.9 Å². The Hall–Kier alpha value is -2.07. The predicted molar refractivity (Wildman–Crippen MR) is 87.1 cm³/mol. The average molecular weight is 319 g/mol. The molecule has 116 valence electrons. The van der Waals surface area contributed by atoms with Gasteiger partial charge in [-0.2, -0.15) is 0 Å². The van der Waals surface area contributed by atoms with Crippen LogP contribution in [0.3, 0.4) is 0 Å². The summed E-state index contributed by atoms with van der Waals surface area (Å²) in [6, 6.07) is 12.9. The molecule has 2 aromatic rings. The zero-order valence-electron chi connectivity index (χ0n) is 12.7. The van der Waals surface area contributed by atoms with Gasteiger partial charge in [0.15, 0.2) is 6.10 Å². The lowest BCUT2D eigenvalue weighted by atomic mass is 10.2. The number of nitrogens with zero attached hydrogens (tertiary/aromatic N) is 2. The molecule has 1 aromatic heterocycles. The van der Waals surface area contributed by atoms with Crippen LogP contribution in [-0.2, 0) is 11.2 Å². The van der Waals surface area contributed by atoms with E-state index in [1.54, 1.807) is 37.2 Å². The summed E-state index contributed by atoms with van der Waals surface area (Å²) in [6.07, 6.45) is 1.87. The van der Waals surface area contributed by atoms with Crippen LogP contribution in [0.2, 0.25) is 5.02 Å². The number of carbonyl (C=O) groups excluding carboxylic acids is 1. The van der Waals surface area contributed by atoms with E-state index in [1.807, 2.05) is 30.3 Å². The number of carbonyl (C=O) groups is 1. The fraction of sp³-hybridized carbons (Fsp3) is 0.294. The monoisotopic (exact) mass is 318 g/mol. The maximum atomic E-state index is 12.3. The summed E-state index contributed by atoms with van der Waals surface area (Å²) in [5.74, 6) is 0.430. The molecule has 0 aliphatic carbocycles. The number of pyridine rings is 1. The number of benzene rings is 1. The Morgan fingerprint density at radius 3 is 2.68 bits per heavy atom. The Labute approximate surface area is 135 Å². The first-order valence-corrected chi connectivity index (χ1v) is 7.52. The van der Waals surface area contributed by atoms with Crippen molar-refractivity contribution in [3.8, 4) is 5.75 Å². The molecule has 1 heterocycles. The lowest BCUT2D eigenvalue weighted by molar-refractivity contribution is -0.136. The molecule has 0 saturated carbocycles. The summed E-state index contributed by atoms with van der Waals surface area (Å²) in [5.41, 5.74) is 0.960. The van der Waals surface area contributed by atoms with Gasteiger partial charge in [0.1, 0.15) is 5.75 Å². The van der Waals surface area contributed by atoms with Gasteiger partial charge < -0.3 is 9.64 Å². The molecule has 1 atom stereocenters. The van der Waals surface area contributed by atoms with Gasteiger partial charge in [0.05, 0.1) is 5.02 Å². The quantitative estimate of drug-likeness (QED) is 0.821. The fourth-order valence-corrected chi connectivity index (χ4v) is 2.21. The topological polar surface area (TPSA) is 42.4 Å². The molecule has 1 aromatic carbocycles. The fourth-order valence-electron chi connectivity index (χ4n) is 2.03. The summed E-state index contributed by atoms with van der Waals surface area (Å²) in [6.45, 7) is 2.31. The number of likely N-dealkylation sites (N-methyl/N-ethyl adjacent to an activating group) is 1. The average Bonchev–Trinajstić information content (AvgIpc) is 2.55. The van der Waals surface area contributed by atoms with Crippen LogP contribution in [0.4, 0.5) is 0 Å². The summed E-state index contributed by atoms with van der Waals surface area (Å²) >= 11 is 6.04. The summed E-state index contributed by atoms with van der Waals surface area (Å²) in [4.78, 5) is 18.2. The largest absolute Gasteiger partial charge is 0.479 e. The lowest BCUT2D eigenvalue weighted by Gasteiger charge is -2.22. The highest BCUT2D eigenvalue weighted by molar-refractivity contribution is 6.32. The highest BCUT2D eigenvalue weighted by Crippen LogP contribution is 2.24. The number of rotatable bonds is 6. The highest BCUT2D eigenvalue weighted by atomic mass is 35.5. The van der Waals surface area contributed by atoms with E-state index in [9.17, 15) is 4.79 Å². The Morgan fingerprint density at radius 1 is 1.27 bits per heavy atom. The van der Waals surface area contributed by atoms with Crippen LogP contribution in [0, 0.1) is 0 Å². The molecule has 22 heavy (non-hydrogen) atoms. The van der Waals surface area contributed by atoms with Crippen LogP contribution in [0.25, 0.3) is 0 Å². The van der Waals surface area contributed by atoms with E-state index in [2.05, 4.69) is 4.98 Å². The van der Waals surface area contributed by atoms with Crippen molar-refractivity contribution >= 4 is 17.5 Å². The molecule has 1 amide bonds. The van der Waals surface area contributed by atoms with E-state index < -0.39 is 6.10 Å². The molecule has 0 aliphatic rings. The normalized spacial score (nSPS) is 11.8. The predicted octanol–water partition coefficient (Wildman–Crippen LogP) is 3.20. The van der Waals surface area contributed by atoms with Crippen LogP contribution in [0.15, 0.2) is 48.7 Å². The SMILES string of the molecule is CC(Oc1ccccc1Cl)C(=O)N(C)CCc1ccccn1. The van der Waals surface area contributed by atoms with Crippen LogP contribution in [0.1, 0.15) is 12.6 Å². The third-order valence-electron chi connectivity index (χ3n) is 3.29.